The summed E-state index contributed by atoms with van der Waals surface area (Å²) in [5.41, 5.74) is 7.96. The lowest BCUT2D eigenvalue weighted by atomic mass is 10.0. The van der Waals surface area contributed by atoms with E-state index in [1.807, 2.05) is 26.0 Å². The largest absolute Gasteiger partial charge is 0.480 e. The van der Waals surface area contributed by atoms with Crippen molar-refractivity contribution in [1.82, 2.24) is 4.90 Å². The van der Waals surface area contributed by atoms with Crippen LogP contribution in [0.4, 0.5) is 0 Å². The molecule has 0 spiro atoms. The lowest BCUT2D eigenvalue weighted by Crippen LogP contribution is -2.32. The minimum Gasteiger partial charge on any atom is -0.480 e. The standard InChI is InChI=1S/C14H18N2O3/c1-8(2)16-7-10-4-3-9(5-11(10)13(16)17)6-12(15)14(18)19/h3-5,8,12H,6-7,15H2,1-2H3,(H,18,19). The normalized spacial score (nSPS) is 15.8. The average Bonchev–Trinajstić information content (AvgIpc) is 2.67. The third kappa shape index (κ3) is 2.61. The third-order valence-electron chi connectivity index (χ3n) is 3.40. The number of benzene rings is 1. The first-order valence-electron chi connectivity index (χ1n) is 6.31. The van der Waals surface area contributed by atoms with E-state index in [1.165, 1.54) is 0 Å². The lowest BCUT2D eigenvalue weighted by molar-refractivity contribution is -0.138. The van der Waals surface area contributed by atoms with Crippen molar-refractivity contribution < 1.29 is 14.7 Å². The summed E-state index contributed by atoms with van der Waals surface area (Å²) >= 11 is 0. The number of hydrogen-bond acceptors (Lipinski definition) is 3. The number of nitrogens with two attached hydrogens (primary N) is 1. The van der Waals surface area contributed by atoms with E-state index in [4.69, 9.17) is 10.8 Å². The van der Waals surface area contributed by atoms with Crippen LogP contribution in [0.3, 0.4) is 0 Å². The molecule has 0 fully saturated rings. The molecule has 1 aromatic rings. The van der Waals surface area contributed by atoms with Crippen molar-refractivity contribution in [1.29, 1.82) is 0 Å². The Hall–Kier alpha value is -1.88. The second-order valence-corrected chi connectivity index (χ2v) is 5.17. The van der Waals surface area contributed by atoms with Gasteiger partial charge in [-0.25, -0.2) is 0 Å². The van der Waals surface area contributed by atoms with Gasteiger partial charge in [0.05, 0.1) is 0 Å². The van der Waals surface area contributed by atoms with Crippen molar-refractivity contribution in [2.75, 3.05) is 0 Å². The highest BCUT2D eigenvalue weighted by Gasteiger charge is 2.29. The zero-order valence-electron chi connectivity index (χ0n) is 11.1. The van der Waals surface area contributed by atoms with Crippen LogP contribution in [0, 0.1) is 0 Å². The van der Waals surface area contributed by atoms with Gasteiger partial charge in [-0.15, -0.1) is 0 Å². The number of fused-ring (bicyclic) bond motifs is 1. The molecule has 1 aliphatic heterocycles. The zero-order chi connectivity index (χ0) is 14.2. The van der Waals surface area contributed by atoms with Gasteiger partial charge in [0, 0.05) is 18.2 Å². The molecule has 0 bridgehead atoms. The van der Waals surface area contributed by atoms with Gasteiger partial charge in [-0.1, -0.05) is 12.1 Å². The maximum absolute atomic E-state index is 12.2. The molecular formula is C14H18N2O3. The van der Waals surface area contributed by atoms with Gasteiger partial charge in [-0.2, -0.15) is 0 Å². The van der Waals surface area contributed by atoms with Crippen LogP contribution in [0.25, 0.3) is 0 Å². The van der Waals surface area contributed by atoms with E-state index in [2.05, 4.69) is 0 Å². The number of carbonyl (C=O) groups excluding carboxylic acids is 1. The molecule has 3 N–H and O–H groups in total. The van der Waals surface area contributed by atoms with Crippen LogP contribution in [0.1, 0.15) is 35.3 Å². The molecule has 19 heavy (non-hydrogen) atoms. The Labute approximate surface area is 112 Å². The number of carboxylic acids is 1. The van der Waals surface area contributed by atoms with Gasteiger partial charge >= 0.3 is 5.97 Å². The molecule has 1 heterocycles. The van der Waals surface area contributed by atoms with Gasteiger partial charge in [-0.05, 0) is 37.5 Å². The highest BCUT2D eigenvalue weighted by Crippen LogP contribution is 2.25. The number of amides is 1. The van der Waals surface area contributed by atoms with Gasteiger partial charge in [-0.3, -0.25) is 9.59 Å². The summed E-state index contributed by atoms with van der Waals surface area (Å²) in [7, 11) is 0. The highest BCUT2D eigenvalue weighted by molar-refractivity contribution is 5.98. The maximum atomic E-state index is 12.2. The zero-order valence-corrected chi connectivity index (χ0v) is 11.1. The van der Waals surface area contributed by atoms with Crippen LogP contribution < -0.4 is 5.73 Å². The molecule has 0 saturated heterocycles. The van der Waals surface area contributed by atoms with E-state index >= 15 is 0 Å². The van der Waals surface area contributed by atoms with Crippen LogP contribution >= 0.6 is 0 Å². The van der Waals surface area contributed by atoms with Gasteiger partial charge in [0.2, 0.25) is 0 Å². The summed E-state index contributed by atoms with van der Waals surface area (Å²) in [5.74, 6) is -1.02. The number of rotatable bonds is 4. The molecule has 1 aliphatic rings. The van der Waals surface area contributed by atoms with Crippen LogP contribution in [0.2, 0.25) is 0 Å². The van der Waals surface area contributed by atoms with Gasteiger partial charge in [0.1, 0.15) is 6.04 Å². The smallest absolute Gasteiger partial charge is 0.320 e. The predicted octanol–water partition coefficient (Wildman–Crippen LogP) is 1.01. The molecular weight excluding hydrogens is 244 g/mol. The van der Waals surface area contributed by atoms with Crippen molar-refractivity contribution in [3.63, 3.8) is 0 Å². The minimum absolute atomic E-state index is 0.00995. The molecule has 5 heteroatoms. The molecule has 1 aromatic carbocycles. The number of aliphatic carboxylic acids is 1. The third-order valence-corrected chi connectivity index (χ3v) is 3.40. The number of hydrogen-bond donors (Lipinski definition) is 2. The second kappa shape index (κ2) is 5.01. The Morgan fingerprint density at radius 3 is 2.74 bits per heavy atom. The predicted molar refractivity (Wildman–Crippen MR) is 70.8 cm³/mol. The highest BCUT2D eigenvalue weighted by atomic mass is 16.4. The summed E-state index contributed by atoms with van der Waals surface area (Å²) < 4.78 is 0. The SMILES string of the molecule is CC(C)N1Cc2ccc(CC(N)C(=O)O)cc2C1=O. The van der Waals surface area contributed by atoms with E-state index in [0.717, 1.165) is 11.1 Å². The van der Waals surface area contributed by atoms with Gasteiger partial charge in [0.15, 0.2) is 0 Å². The van der Waals surface area contributed by atoms with Crippen molar-refractivity contribution >= 4 is 11.9 Å². The molecule has 102 valence electrons. The Morgan fingerprint density at radius 1 is 1.47 bits per heavy atom. The first kappa shape index (κ1) is 13.5. The Balaban J connectivity index is 2.23. The Kier molecular flexibility index (Phi) is 3.57. The molecule has 5 nitrogen and oxygen atoms in total. The van der Waals surface area contributed by atoms with E-state index in [-0.39, 0.29) is 18.4 Å². The molecule has 1 amide bonds. The van der Waals surface area contributed by atoms with Gasteiger partial charge < -0.3 is 15.7 Å². The first-order valence-corrected chi connectivity index (χ1v) is 6.31. The topological polar surface area (TPSA) is 83.6 Å². The molecule has 0 radical (unpaired) electrons. The van der Waals surface area contributed by atoms with Crippen molar-refractivity contribution in [3.05, 3.63) is 34.9 Å². The van der Waals surface area contributed by atoms with Crippen molar-refractivity contribution in [2.24, 2.45) is 5.73 Å². The quantitative estimate of drug-likeness (QED) is 0.848. The molecule has 2 rings (SSSR count). The maximum Gasteiger partial charge on any atom is 0.320 e. The number of nitrogens with zero attached hydrogens (tertiary/aromatic N) is 1. The molecule has 0 aliphatic carbocycles. The van der Waals surface area contributed by atoms with Crippen LogP contribution in [-0.2, 0) is 17.8 Å². The van der Waals surface area contributed by atoms with Crippen LogP contribution in [0.15, 0.2) is 18.2 Å². The number of carboxylic acid groups (broad SMARTS) is 1. The van der Waals surface area contributed by atoms with Gasteiger partial charge in [0.25, 0.3) is 5.91 Å². The fraction of sp³-hybridized carbons (Fsp3) is 0.429. The van der Waals surface area contributed by atoms with Crippen LogP contribution in [0.5, 0.6) is 0 Å². The van der Waals surface area contributed by atoms with E-state index < -0.39 is 12.0 Å². The van der Waals surface area contributed by atoms with E-state index in [9.17, 15) is 9.59 Å². The van der Waals surface area contributed by atoms with Crippen molar-refractivity contribution in [3.8, 4) is 0 Å². The molecule has 1 atom stereocenters. The summed E-state index contributed by atoms with van der Waals surface area (Å²) in [6.07, 6.45) is 0.234. The first-order chi connectivity index (χ1) is 8.90. The second-order valence-electron chi connectivity index (χ2n) is 5.17. The van der Waals surface area contributed by atoms with Crippen LogP contribution in [-0.4, -0.2) is 34.0 Å². The molecule has 0 saturated carbocycles. The molecule has 0 aromatic heterocycles. The Morgan fingerprint density at radius 2 is 2.16 bits per heavy atom. The van der Waals surface area contributed by atoms with E-state index in [0.29, 0.717) is 12.1 Å². The summed E-state index contributed by atoms with van der Waals surface area (Å²) in [4.78, 5) is 24.7. The fourth-order valence-electron chi connectivity index (χ4n) is 2.26. The van der Waals surface area contributed by atoms with Crippen molar-refractivity contribution in [2.45, 2.75) is 38.9 Å². The lowest BCUT2D eigenvalue weighted by Gasteiger charge is -2.19. The summed E-state index contributed by atoms with van der Waals surface area (Å²) in [6, 6.07) is 4.72. The monoisotopic (exact) mass is 262 g/mol. The number of carbonyl (C=O) groups is 2. The fourth-order valence-corrected chi connectivity index (χ4v) is 2.26. The summed E-state index contributed by atoms with van der Waals surface area (Å²) in [6.45, 7) is 4.58. The average molecular weight is 262 g/mol. The Bertz CT molecular complexity index is 525. The van der Waals surface area contributed by atoms with E-state index in [1.54, 1.807) is 11.0 Å². The summed E-state index contributed by atoms with van der Waals surface area (Å²) in [5, 5.41) is 8.80. The minimum atomic E-state index is -1.03. The molecule has 1 unspecified atom stereocenters.